The van der Waals surface area contributed by atoms with Crippen LogP contribution in [0.1, 0.15) is 55.3 Å². The molecule has 0 saturated heterocycles. The summed E-state index contributed by atoms with van der Waals surface area (Å²) < 4.78 is 2.04. The Morgan fingerprint density at radius 1 is 1.26 bits per heavy atom. The highest BCUT2D eigenvalue weighted by molar-refractivity contribution is 6.40. The molecular formula is C19H27BN2O. The Balaban J connectivity index is 1.64. The molecule has 1 fully saturated rings. The number of aromatic nitrogens is 1. The molecule has 0 radical (unpaired) electrons. The first-order chi connectivity index (χ1) is 11.2. The third kappa shape index (κ3) is 3.62. The van der Waals surface area contributed by atoms with E-state index < -0.39 is 0 Å². The average Bonchev–Trinajstić information content (AvgIpc) is 2.72. The smallest absolute Gasteiger partial charge is 0.253 e. The van der Waals surface area contributed by atoms with E-state index in [-0.39, 0.29) is 5.91 Å². The van der Waals surface area contributed by atoms with Crippen LogP contribution in [0.25, 0.3) is 10.9 Å². The summed E-state index contributed by atoms with van der Waals surface area (Å²) in [6.45, 7) is 0.797. The van der Waals surface area contributed by atoms with E-state index in [4.69, 9.17) is 0 Å². The summed E-state index contributed by atoms with van der Waals surface area (Å²) >= 11 is 0. The van der Waals surface area contributed by atoms with Crippen molar-refractivity contribution in [2.75, 3.05) is 6.54 Å². The number of benzene rings is 1. The van der Waals surface area contributed by atoms with Crippen molar-refractivity contribution >= 4 is 30.1 Å². The first-order valence-electron chi connectivity index (χ1n) is 8.99. The summed E-state index contributed by atoms with van der Waals surface area (Å²) in [5.74, 6) is 0.866. The number of hydrogen-bond donors (Lipinski definition) is 1. The number of rotatable bonds is 4. The first kappa shape index (κ1) is 16.2. The molecule has 0 atom stereocenters. The monoisotopic (exact) mass is 310 g/mol. The van der Waals surface area contributed by atoms with Crippen LogP contribution in [-0.4, -0.2) is 24.9 Å². The van der Waals surface area contributed by atoms with Gasteiger partial charge in [0, 0.05) is 30.7 Å². The lowest BCUT2D eigenvalue weighted by molar-refractivity contribution is 0.0952. The molecule has 0 bridgehead atoms. The number of fused-ring (bicyclic) bond motifs is 1. The molecular weight excluding hydrogens is 283 g/mol. The van der Waals surface area contributed by atoms with Crippen LogP contribution in [0.2, 0.25) is 0 Å². The normalized spacial score (nSPS) is 16.4. The molecule has 1 N–H and O–H groups in total. The van der Waals surface area contributed by atoms with Crippen LogP contribution in [0.4, 0.5) is 0 Å². The van der Waals surface area contributed by atoms with Crippen molar-refractivity contribution in [2.24, 2.45) is 13.0 Å². The number of nitrogens with zero attached hydrogens (tertiary/aromatic N) is 1. The van der Waals surface area contributed by atoms with E-state index in [0.29, 0.717) is 0 Å². The Morgan fingerprint density at radius 3 is 2.74 bits per heavy atom. The van der Waals surface area contributed by atoms with Crippen molar-refractivity contribution in [2.45, 2.75) is 44.9 Å². The molecule has 1 saturated carbocycles. The zero-order chi connectivity index (χ0) is 16.2. The maximum atomic E-state index is 12.6. The number of hydrogen-bond acceptors (Lipinski definition) is 1. The predicted molar refractivity (Wildman–Crippen MR) is 99.2 cm³/mol. The Morgan fingerprint density at radius 2 is 2.00 bits per heavy atom. The number of amides is 1. The highest BCUT2D eigenvalue weighted by Gasteiger charge is 2.16. The van der Waals surface area contributed by atoms with E-state index in [0.717, 1.165) is 40.8 Å². The quantitative estimate of drug-likeness (QED) is 0.683. The lowest BCUT2D eigenvalue weighted by Crippen LogP contribution is -2.26. The van der Waals surface area contributed by atoms with E-state index >= 15 is 0 Å². The molecule has 1 heterocycles. The fourth-order valence-electron chi connectivity index (χ4n) is 3.93. The molecule has 0 aliphatic heterocycles. The number of aryl methyl sites for hydroxylation is 1. The summed E-state index contributed by atoms with van der Waals surface area (Å²) in [4.78, 5) is 12.6. The molecule has 3 nitrogen and oxygen atoms in total. The molecule has 0 unspecified atom stereocenters. The van der Waals surface area contributed by atoms with Crippen molar-refractivity contribution in [3.63, 3.8) is 0 Å². The molecule has 3 rings (SSSR count). The zero-order valence-corrected chi connectivity index (χ0v) is 14.4. The largest absolute Gasteiger partial charge is 0.352 e. The highest BCUT2D eigenvalue weighted by atomic mass is 16.1. The molecule has 0 spiro atoms. The molecule has 2 aromatic rings. The van der Waals surface area contributed by atoms with Crippen molar-refractivity contribution < 1.29 is 4.79 Å². The van der Waals surface area contributed by atoms with Gasteiger partial charge in [-0.05, 0) is 18.4 Å². The minimum absolute atomic E-state index is 0.0681. The van der Waals surface area contributed by atoms with Crippen molar-refractivity contribution in [3.8, 4) is 0 Å². The van der Waals surface area contributed by atoms with E-state index in [9.17, 15) is 4.79 Å². The van der Waals surface area contributed by atoms with Crippen molar-refractivity contribution in [1.29, 1.82) is 0 Å². The molecule has 23 heavy (non-hydrogen) atoms. The van der Waals surface area contributed by atoms with Gasteiger partial charge in [0.05, 0.1) is 5.56 Å². The Hall–Kier alpha value is -1.71. The molecule has 1 aromatic heterocycles. The van der Waals surface area contributed by atoms with Gasteiger partial charge in [0.15, 0.2) is 0 Å². The van der Waals surface area contributed by atoms with Crippen LogP contribution in [0.5, 0.6) is 0 Å². The molecule has 1 aliphatic carbocycles. The second kappa shape index (κ2) is 7.24. The van der Waals surface area contributed by atoms with Crippen molar-refractivity contribution in [3.05, 3.63) is 30.0 Å². The standard InChI is InChI=1S/C19H27BN2O/c1-22-13-15(18-16(20)9-6-10-17(18)22)19(23)21-12-11-14-7-4-2-3-5-8-14/h6,9-10,13-14H,2-5,7-8,11-12,20H2,1H3,(H,21,23). The van der Waals surface area contributed by atoms with E-state index in [1.807, 2.05) is 23.9 Å². The molecule has 1 amide bonds. The summed E-state index contributed by atoms with van der Waals surface area (Å²) in [6.07, 6.45) is 11.2. The van der Waals surface area contributed by atoms with E-state index in [1.54, 1.807) is 0 Å². The Labute approximate surface area is 139 Å². The summed E-state index contributed by atoms with van der Waals surface area (Å²) in [5, 5.41) is 4.23. The maximum Gasteiger partial charge on any atom is 0.253 e. The van der Waals surface area contributed by atoms with Crippen LogP contribution >= 0.6 is 0 Å². The van der Waals surface area contributed by atoms with Gasteiger partial charge < -0.3 is 9.88 Å². The zero-order valence-electron chi connectivity index (χ0n) is 14.4. The molecule has 122 valence electrons. The minimum Gasteiger partial charge on any atom is -0.352 e. The topological polar surface area (TPSA) is 34.0 Å². The molecule has 4 heteroatoms. The number of carbonyl (C=O) groups is 1. The van der Waals surface area contributed by atoms with Gasteiger partial charge >= 0.3 is 0 Å². The van der Waals surface area contributed by atoms with E-state index in [1.165, 1.54) is 38.5 Å². The van der Waals surface area contributed by atoms with Crippen LogP contribution in [0.15, 0.2) is 24.4 Å². The third-order valence-corrected chi connectivity index (χ3v) is 5.28. The lowest BCUT2D eigenvalue weighted by Gasteiger charge is -2.14. The third-order valence-electron chi connectivity index (χ3n) is 5.28. The SMILES string of the molecule is Bc1cccc2c1c(C(=O)NCCC1CCCCCC1)cn2C. The lowest BCUT2D eigenvalue weighted by atomic mass is 9.90. The van der Waals surface area contributed by atoms with Crippen molar-refractivity contribution in [1.82, 2.24) is 9.88 Å². The number of carbonyl (C=O) groups excluding carboxylic acids is 1. The van der Waals surface area contributed by atoms with Crippen LogP contribution in [0.3, 0.4) is 0 Å². The van der Waals surface area contributed by atoms with E-state index in [2.05, 4.69) is 25.3 Å². The predicted octanol–water partition coefficient (Wildman–Crippen LogP) is 2.53. The van der Waals surface area contributed by atoms with Gasteiger partial charge in [-0.2, -0.15) is 0 Å². The summed E-state index contributed by atoms with van der Waals surface area (Å²) in [7, 11) is 4.08. The highest BCUT2D eigenvalue weighted by Crippen LogP contribution is 2.25. The number of nitrogens with one attached hydrogen (secondary N) is 1. The second-order valence-electron chi connectivity index (χ2n) is 7.02. The Kier molecular flexibility index (Phi) is 5.09. The van der Waals surface area contributed by atoms with Gasteiger partial charge in [-0.3, -0.25) is 4.79 Å². The minimum atomic E-state index is 0.0681. The molecule has 1 aromatic carbocycles. The fourth-order valence-corrected chi connectivity index (χ4v) is 3.93. The van der Waals surface area contributed by atoms with Gasteiger partial charge in [0.2, 0.25) is 0 Å². The summed E-state index contributed by atoms with van der Waals surface area (Å²) in [6, 6.07) is 6.20. The Bertz CT molecular complexity index is 684. The first-order valence-corrected chi connectivity index (χ1v) is 8.99. The van der Waals surface area contributed by atoms with Gasteiger partial charge in [-0.25, -0.2) is 0 Å². The second-order valence-corrected chi connectivity index (χ2v) is 7.02. The van der Waals surface area contributed by atoms with Gasteiger partial charge in [0.1, 0.15) is 7.85 Å². The van der Waals surface area contributed by atoms with Gasteiger partial charge in [-0.1, -0.05) is 56.1 Å². The maximum absolute atomic E-state index is 12.6. The molecule has 1 aliphatic rings. The average molecular weight is 310 g/mol. The van der Waals surface area contributed by atoms with Crippen LogP contribution in [-0.2, 0) is 7.05 Å². The fraction of sp³-hybridized carbons (Fsp3) is 0.526. The van der Waals surface area contributed by atoms with Crippen LogP contribution in [0, 0.1) is 5.92 Å². The van der Waals surface area contributed by atoms with Crippen LogP contribution < -0.4 is 10.8 Å². The summed E-state index contributed by atoms with van der Waals surface area (Å²) in [5.41, 5.74) is 3.09. The van der Waals surface area contributed by atoms with Gasteiger partial charge in [0.25, 0.3) is 5.91 Å². The van der Waals surface area contributed by atoms with Gasteiger partial charge in [-0.15, -0.1) is 0 Å².